The van der Waals surface area contributed by atoms with Gasteiger partial charge in [-0.15, -0.1) is 0 Å². The summed E-state index contributed by atoms with van der Waals surface area (Å²) in [7, 11) is 0. The predicted octanol–water partition coefficient (Wildman–Crippen LogP) is 3.57. The molecule has 0 unspecified atom stereocenters. The number of benzene rings is 1. The second-order valence-electron chi connectivity index (χ2n) is 2.41. The van der Waals surface area contributed by atoms with Gasteiger partial charge in [-0.05, 0) is 12.0 Å². The summed E-state index contributed by atoms with van der Waals surface area (Å²) in [5.41, 5.74) is 1.14. The van der Waals surface area contributed by atoms with Crippen molar-refractivity contribution in [3.8, 4) is 0 Å². The summed E-state index contributed by atoms with van der Waals surface area (Å²) >= 11 is 0. The smallest absolute Gasteiger partial charge is 0.0830 e. The number of halogens is 1. The second-order valence-corrected chi connectivity index (χ2v) is 2.41. The molecule has 0 fully saturated rings. The molecule has 62 valence electrons. The van der Waals surface area contributed by atoms with Crippen LogP contribution >= 0.6 is 0 Å². The van der Waals surface area contributed by atoms with Gasteiger partial charge in [0.2, 0.25) is 0 Å². The molecule has 0 aliphatic rings. The molecule has 0 saturated heterocycles. The van der Waals surface area contributed by atoms with Crippen LogP contribution < -0.4 is 0 Å². The molecule has 0 radical (unpaired) electrons. The van der Waals surface area contributed by atoms with Gasteiger partial charge in [0.05, 0.1) is 6.33 Å². The Morgan fingerprint density at radius 2 is 1.83 bits per heavy atom. The SMILES string of the molecule is FC=CCC=Cc1ccccc1. The molecule has 1 aromatic carbocycles. The first-order valence-electron chi connectivity index (χ1n) is 3.90. The Kier molecular flexibility index (Phi) is 3.86. The fraction of sp³-hybridized carbons (Fsp3) is 0.0909. The third-order valence-electron chi connectivity index (χ3n) is 1.47. The van der Waals surface area contributed by atoms with E-state index in [-0.39, 0.29) is 0 Å². The van der Waals surface area contributed by atoms with Gasteiger partial charge < -0.3 is 0 Å². The Morgan fingerprint density at radius 3 is 2.50 bits per heavy atom. The molecule has 1 rings (SSSR count). The highest BCUT2D eigenvalue weighted by Gasteiger charge is 1.80. The van der Waals surface area contributed by atoms with E-state index in [4.69, 9.17) is 0 Å². The fourth-order valence-electron chi connectivity index (χ4n) is 0.898. The Hall–Kier alpha value is -1.37. The van der Waals surface area contributed by atoms with Crippen LogP contribution in [-0.4, -0.2) is 0 Å². The van der Waals surface area contributed by atoms with Crippen molar-refractivity contribution in [2.24, 2.45) is 0 Å². The van der Waals surface area contributed by atoms with Crippen molar-refractivity contribution in [1.29, 1.82) is 0 Å². The van der Waals surface area contributed by atoms with Gasteiger partial charge >= 0.3 is 0 Å². The summed E-state index contributed by atoms with van der Waals surface area (Å²) in [5.74, 6) is 0. The fourth-order valence-corrected chi connectivity index (χ4v) is 0.898. The van der Waals surface area contributed by atoms with Gasteiger partial charge in [0.15, 0.2) is 0 Å². The van der Waals surface area contributed by atoms with Crippen molar-refractivity contribution in [3.63, 3.8) is 0 Å². The number of rotatable bonds is 3. The normalized spacial score (nSPS) is 11.4. The first-order chi connectivity index (χ1) is 5.93. The highest BCUT2D eigenvalue weighted by molar-refractivity contribution is 5.48. The van der Waals surface area contributed by atoms with E-state index in [0.717, 1.165) is 5.56 Å². The van der Waals surface area contributed by atoms with Crippen LogP contribution in [0.2, 0.25) is 0 Å². The van der Waals surface area contributed by atoms with Crippen molar-refractivity contribution < 1.29 is 4.39 Å². The van der Waals surface area contributed by atoms with E-state index < -0.39 is 0 Å². The van der Waals surface area contributed by atoms with Gasteiger partial charge in [-0.1, -0.05) is 48.6 Å². The summed E-state index contributed by atoms with van der Waals surface area (Å²) in [6.45, 7) is 0. The standard InChI is InChI=1S/C11H11F/c12-10-6-2-5-9-11-7-3-1-4-8-11/h1,3-10H,2H2. The number of hydrogen-bond donors (Lipinski definition) is 0. The number of allylic oxidation sites excluding steroid dienone is 2. The van der Waals surface area contributed by atoms with Crippen molar-refractivity contribution in [1.82, 2.24) is 0 Å². The minimum atomic E-state index is 0.565. The van der Waals surface area contributed by atoms with Gasteiger partial charge in [-0.2, -0.15) is 0 Å². The molecule has 0 nitrogen and oxygen atoms in total. The molecule has 0 atom stereocenters. The van der Waals surface area contributed by atoms with Crippen LogP contribution in [0.15, 0.2) is 48.8 Å². The van der Waals surface area contributed by atoms with Gasteiger partial charge in [-0.3, -0.25) is 0 Å². The van der Waals surface area contributed by atoms with Crippen LogP contribution in [-0.2, 0) is 0 Å². The lowest BCUT2D eigenvalue weighted by Gasteiger charge is -1.88. The van der Waals surface area contributed by atoms with Crippen LogP contribution in [0.1, 0.15) is 12.0 Å². The summed E-state index contributed by atoms with van der Waals surface area (Å²) < 4.78 is 11.5. The monoisotopic (exact) mass is 162 g/mol. The third kappa shape index (κ3) is 3.15. The lowest BCUT2D eigenvalue weighted by atomic mass is 10.2. The Bertz CT molecular complexity index is 260. The van der Waals surface area contributed by atoms with Crippen molar-refractivity contribution >= 4 is 6.08 Å². The molecule has 12 heavy (non-hydrogen) atoms. The van der Waals surface area contributed by atoms with E-state index >= 15 is 0 Å². The van der Waals surface area contributed by atoms with Crippen molar-refractivity contribution in [3.05, 3.63) is 54.4 Å². The van der Waals surface area contributed by atoms with Crippen molar-refractivity contribution in [2.45, 2.75) is 6.42 Å². The molecule has 1 aromatic rings. The first-order valence-corrected chi connectivity index (χ1v) is 3.90. The number of hydrogen-bond acceptors (Lipinski definition) is 0. The summed E-state index contributed by atoms with van der Waals surface area (Å²) in [4.78, 5) is 0. The summed E-state index contributed by atoms with van der Waals surface area (Å²) in [5, 5.41) is 0. The Morgan fingerprint density at radius 1 is 1.08 bits per heavy atom. The molecule has 0 saturated carbocycles. The second kappa shape index (κ2) is 5.30. The minimum absolute atomic E-state index is 0.565. The van der Waals surface area contributed by atoms with Crippen LogP contribution in [0.5, 0.6) is 0 Å². The van der Waals surface area contributed by atoms with Gasteiger partial charge in [0.1, 0.15) is 0 Å². The molecule has 0 N–H and O–H groups in total. The van der Waals surface area contributed by atoms with E-state index in [1.165, 1.54) is 6.08 Å². The topological polar surface area (TPSA) is 0 Å². The van der Waals surface area contributed by atoms with Gasteiger partial charge in [-0.25, -0.2) is 4.39 Å². The predicted molar refractivity (Wildman–Crippen MR) is 50.3 cm³/mol. The molecular weight excluding hydrogens is 151 g/mol. The Labute approximate surface area is 72.0 Å². The maximum Gasteiger partial charge on any atom is 0.0830 e. The first kappa shape index (κ1) is 8.72. The molecule has 0 aromatic heterocycles. The maximum atomic E-state index is 11.5. The molecule has 0 aliphatic heterocycles. The average Bonchev–Trinajstić information content (AvgIpc) is 2.14. The zero-order chi connectivity index (χ0) is 8.65. The van der Waals surface area contributed by atoms with Gasteiger partial charge in [0.25, 0.3) is 0 Å². The molecular formula is C11H11F. The Balaban J connectivity index is 2.47. The molecule has 0 spiro atoms. The molecule has 1 heteroatoms. The zero-order valence-corrected chi connectivity index (χ0v) is 6.78. The minimum Gasteiger partial charge on any atom is -0.216 e. The van der Waals surface area contributed by atoms with E-state index in [1.54, 1.807) is 0 Å². The highest BCUT2D eigenvalue weighted by Crippen LogP contribution is 2.01. The van der Waals surface area contributed by atoms with E-state index in [0.29, 0.717) is 12.8 Å². The molecule has 0 bridgehead atoms. The lowest BCUT2D eigenvalue weighted by Crippen LogP contribution is -1.67. The molecule has 0 heterocycles. The molecule has 0 aliphatic carbocycles. The van der Waals surface area contributed by atoms with Crippen LogP contribution in [0, 0.1) is 0 Å². The van der Waals surface area contributed by atoms with Gasteiger partial charge in [0, 0.05) is 0 Å². The quantitative estimate of drug-likeness (QED) is 0.637. The highest BCUT2D eigenvalue weighted by atomic mass is 19.1. The maximum absolute atomic E-state index is 11.5. The summed E-state index contributed by atoms with van der Waals surface area (Å²) in [6.07, 6.45) is 6.57. The largest absolute Gasteiger partial charge is 0.216 e. The summed E-state index contributed by atoms with van der Waals surface area (Å²) in [6, 6.07) is 9.94. The van der Waals surface area contributed by atoms with Crippen molar-refractivity contribution in [2.75, 3.05) is 0 Å². The zero-order valence-electron chi connectivity index (χ0n) is 6.78. The van der Waals surface area contributed by atoms with Crippen LogP contribution in [0.3, 0.4) is 0 Å². The van der Waals surface area contributed by atoms with Crippen LogP contribution in [0.4, 0.5) is 4.39 Å². The van der Waals surface area contributed by atoms with Crippen LogP contribution in [0.25, 0.3) is 6.08 Å². The lowest BCUT2D eigenvalue weighted by molar-refractivity contribution is 0.717. The molecule has 0 amide bonds. The average molecular weight is 162 g/mol. The van der Waals surface area contributed by atoms with E-state index in [2.05, 4.69) is 0 Å². The van der Waals surface area contributed by atoms with E-state index in [1.807, 2.05) is 42.5 Å². The third-order valence-corrected chi connectivity index (χ3v) is 1.47. The van der Waals surface area contributed by atoms with E-state index in [9.17, 15) is 4.39 Å².